The number of aromatic nitrogens is 1. The molecule has 0 spiro atoms. The molecular weight excluding hydrogens is 242 g/mol. The average Bonchev–Trinajstić information content (AvgIpc) is 2.47. The minimum Gasteiger partial charge on any atom is -0.497 e. The summed E-state index contributed by atoms with van der Waals surface area (Å²) >= 11 is 0. The van der Waals surface area contributed by atoms with Crippen molar-refractivity contribution < 1.29 is 9.53 Å². The molecule has 1 aromatic heterocycles. The SMILES string of the molecule is COc1ccc(N(C)C(=O)Nc2ccccn2)cc1. The van der Waals surface area contributed by atoms with E-state index in [1.807, 2.05) is 18.2 Å². The second-order valence-corrected chi connectivity index (χ2v) is 3.90. The van der Waals surface area contributed by atoms with Crippen LogP contribution in [0.5, 0.6) is 5.75 Å². The number of carbonyl (C=O) groups is 1. The number of hydrogen-bond acceptors (Lipinski definition) is 3. The first-order valence-electron chi connectivity index (χ1n) is 5.80. The van der Waals surface area contributed by atoms with Gasteiger partial charge in [-0.1, -0.05) is 6.07 Å². The van der Waals surface area contributed by atoms with Crippen molar-refractivity contribution in [1.82, 2.24) is 4.98 Å². The smallest absolute Gasteiger partial charge is 0.327 e. The Kier molecular flexibility index (Phi) is 3.97. The van der Waals surface area contributed by atoms with Crippen molar-refractivity contribution in [3.05, 3.63) is 48.7 Å². The molecule has 0 fully saturated rings. The molecule has 2 rings (SSSR count). The predicted molar refractivity (Wildman–Crippen MR) is 74.7 cm³/mol. The minimum atomic E-state index is -0.246. The molecule has 2 amide bonds. The van der Waals surface area contributed by atoms with Crippen LogP contribution in [0.4, 0.5) is 16.3 Å². The Bertz CT molecular complexity index is 540. The molecule has 5 nitrogen and oxygen atoms in total. The molecule has 0 bridgehead atoms. The highest BCUT2D eigenvalue weighted by atomic mass is 16.5. The number of amides is 2. The highest BCUT2D eigenvalue weighted by Crippen LogP contribution is 2.18. The van der Waals surface area contributed by atoms with E-state index in [1.54, 1.807) is 44.6 Å². The number of nitrogens with one attached hydrogen (secondary N) is 1. The number of ether oxygens (including phenoxy) is 1. The van der Waals surface area contributed by atoms with Gasteiger partial charge < -0.3 is 4.74 Å². The maximum atomic E-state index is 12.0. The van der Waals surface area contributed by atoms with Gasteiger partial charge in [-0.15, -0.1) is 0 Å². The highest BCUT2D eigenvalue weighted by Gasteiger charge is 2.11. The Balaban J connectivity index is 2.06. The predicted octanol–water partition coefficient (Wildman–Crippen LogP) is 2.76. The summed E-state index contributed by atoms with van der Waals surface area (Å²) in [6, 6.07) is 12.3. The summed E-state index contributed by atoms with van der Waals surface area (Å²) in [5.41, 5.74) is 0.772. The van der Waals surface area contributed by atoms with E-state index < -0.39 is 0 Å². The molecule has 0 atom stereocenters. The van der Waals surface area contributed by atoms with Gasteiger partial charge >= 0.3 is 6.03 Å². The first kappa shape index (κ1) is 12.9. The molecule has 0 saturated heterocycles. The third-order valence-electron chi connectivity index (χ3n) is 2.66. The monoisotopic (exact) mass is 257 g/mol. The van der Waals surface area contributed by atoms with E-state index in [0.29, 0.717) is 5.82 Å². The van der Waals surface area contributed by atoms with Crippen molar-refractivity contribution in [1.29, 1.82) is 0 Å². The molecule has 2 aromatic rings. The van der Waals surface area contributed by atoms with E-state index in [0.717, 1.165) is 11.4 Å². The van der Waals surface area contributed by atoms with E-state index in [-0.39, 0.29) is 6.03 Å². The van der Waals surface area contributed by atoms with Crippen molar-refractivity contribution in [3.63, 3.8) is 0 Å². The van der Waals surface area contributed by atoms with Gasteiger partial charge in [0.25, 0.3) is 0 Å². The third kappa shape index (κ3) is 3.22. The van der Waals surface area contributed by atoms with Gasteiger partial charge in [0.1, 0.15) is 11.6 Å². The van der Waals surface area contributed by atoms with Crippen molar-refractivity contribution in [3.8, 4) is 5.75 Å². The summed E-state index contributed by atoms with van der Waals surface area (Å²) in [6.07, 6.45) is 1.63. The van der Waals surface area contributed by atoms with E-state index >= 15 is 0 Å². The van der Waals surface area contributed by atoms with Crippen LogP contribution in [0.3, 0.4) is 0 Å². The standard InChI is InChI=1S/C14H15N3O2/c1-17(11-6-8-12(19-2)9-7-11)14(18)16-13-5-3-4-10-15-13/h3-10H,1-2H3,(H,15,16,18). The molecule has 0 saturated carbocycles. The molecule has 0 unspecified atom stereocenters. The largest absolute Gasteiger partial charge is 0.497 e. The average molecular weight is 257 g/mol. The van der Waals surface area contributed by atoms with Crippen LogP contribution in [0.1, 0.15) is 0 Å². The van der Waals surface area contributed by atoms with Crippen molar-refractivity contribution in [2.75, 3.05) is 24.4 Å². The second-order valence-electron chi connectivity index (χ2n) is 3.90. The number of benzene rings is 1. The van der Waals surface area contributed by atoms with Crippen LogP contribution in [-0.2, 0) is 0 Å². The molecule has 5 heteroatoms. The van der Waals surface area contributed by atoms with Crippen LogP contribution in [0.15, 0.2) is 48.7 Å². The number of anilines is 2. The van der Waals surface area contributed by atoms with Gasteiger partial charge in [0.05, 0.1) is 7.11 Å². The lowest BCUT2D eigenvalue weighted by molar-refractivity contribution is 0.258. The third-order valence-corrected chi connectivity index (χ3v) is 2.66. The van der Waals surface area contributed by atoms with Crippen LogP contribution in [-0.4, -0.2) is 25.2 Å². The summed E-state index contributed by atoms with van der Waals surface area (Å²) in [4.78, 5) is 17.6. The van der Waals surface area contributed by atoms with Crippen LogP contribution in [0, 0.1) is 0 Å². The van der Waals surface area contributed by atoms with E-state index in [2.05, 4.69) is 10.3 Å². The lowest BCUT2D eigenvalue weighted by Gasteiger charge is -2.17. The zero-order valence-electron chi connectivity index (χ0n) is 10.8. The van der Waals surface area contributed by atoms with E-state index in [9.17, 15) is 4.79 Å². The van der Waals surface area contributed by atoms with Crippen LogP contribution < -0.4 is 15.0 Å². The number of hydrogen-bond donors (Lipinski definition) is 1. The lowest BCUT2D eigenvalue weighted by atomic mass is 10.3. The van der Waals surface area contributed by atoms with Gasteiger partial charge in [0, 0.05) is 18.9 Å². The van der Waals surface area contributed by atoms with Gasteiger partial charge in [0.2, 0.25) is 0 Å². The van der Waals surface area contributed by atoms with Gasteiger partial charge in [-0.05, 0) is 36.4 Å². The molecule has 0 radical (unpaired) electrons. The first-order valence-corrected chi connectivity index (χ1v) is 5.80. The number of urea groups is 1. The fraction of sp³-hybridized carbons (Fsp3) is 0.143. The molecule has 1 aromatic carbocycles. The van der Waals surface area contributed by atoms with E-state index in [4.69, 9.17) is 4.74 Å². The first-order chi connectivity index (χ1) is 9.20. The normalized spacial score (nSPS) is 9.79. The molecule has 1 N–H and O–H groups in total. The zero-order valence-corrected chi connectivity index (χ0v) is 10.8. The quantitative estimate of drug-likeness (QED) is 0.919. The molecule has 0 aliphatic rings. The highest BCUT2D eigenvalue weighted by molar-refractivity contribution is 6.00. The van der Waals surface area contributed by atoms with Gasteiger partial charge in [-0.3, -0.25) is 10.2 Å². The fourth-order valence-electron chi connectivity index (χ4n) is 1.55. The minimum absolute atomic E-state index is 0.246. The molecule has 98 valence electrons. The summed E-state index contributed by atoms with van der Waals surface area (Å²) in [7, 11) is 3.30. The number of nitrogens with zero attached hydrogens (tertiary/aromatic N) is 2. The second kappa shape index (κ2) is 5.86. The number of rotatable bonds is 3. The van der Waals surface area contributed by atoms with E-state index in [1.165, 1.54) is 4.90 Å². The lowest BCUT2D eigenvalue weighted by Crippen LogP contribution is -2.31. The molecule has 19 heavy (non-hydrogen) atoms. The topological polar surface area (TPSA) is 54.5 Å². The molecular formula is C14H15N3O2. The Morgan fingerprint density at radius 2 is 1.95 bits per heavy atom. The van der Waals surface area contributed by atoms with Crippen molar-refractivity contribution >= 4 is 17.5 Å². The van der Waals surface area contributed by atoms with Crippen molar-refractivity contribution in [2.24, 2.45) is 0 Å². The molecule has 0 aliphatic carbocycles. The Morgan fingerprint density at radius 1 is 1.21 bits per heavy atom. The van der Waals surface area contributed by atoms with Crippen LogP contribution in [0.2, 0.25) is 0 Å². The Morgan fingerprint density at radius 3 is 2.53 bits per heavy atom. The maximum absolute atomic E-state index is 12.0. The van der Waals surface area contributed by atoms with Crippen molar-refractivity contribution in [2.45, 2.75) is 0 Å². The Labute approximate surface area is 111 Å². The van der Waals surface area contributed by atoms with Gasteiger partial charge in [-0.25, -0.2) is 9.78 Å². The van der Waals surface area contributed by atoms with Gasteiger partial charge in [0.15, 0.2) is 0 Å². The number of pyridine rings is 1. The van der Waals surface area contributed by atoms with Crippen LogP contribution in [0.25, 0.3) is 0 Å². The summed E-state index contributed by atoms with van der Waals surface area (Å²) < 4.78 is 5.08. The summed E-state index contributed by atoms with van der Waals surface area (Å²) in [6.45, 7) is 0. The summed E-state index contributed by atoms with van der Waals surface area (Å²) in [5.74, 6) is 1.27. The summed E-state index contributed by atoms with van der Waals surface area (Å²) in [5, 5.41) is 2.71. The fourth-order valence-corrected chi connectivity index (χ4v) is 1.55. The zero-order chi connectivity index (χ0) is 13.7. The Hall–Kier alpha value is -2.56. The van der Waals surface area contributed by atoms with Crippen LogP contribution >= 0.6 is 0 Å². The van der Waals surface area contributed by atoms with Gasteiger partial charge in [-0.2, -0.15) is 0 Å². The maximum Gasteiger partial charge on any atom is 0.327 e. The molecule has 1 heterocycles. The number of carbonyl (C=O) groups excluding carboxylic acids is 1. The number of methoxy groups -OCH3 is 1. The molecule has 0 aliphatic heterocycles.